The van der Waals surface area contributed by atoms with E-state index in [9.17, 15) is 0 Å². The highest BCUT2D eigenvalue weighted by molar-refractivity contribution is 5.85. The molecule has 0 saturated carbocycles. The third-order valence-electron chi connectivity index (χ3n) is 3.14. The zero-order chi connectivity index (χ0) is 13.0. The van der Waals surface area contributed by atoms with Crippen LogP contribution in [0, 0.1) is 0 Å². The number of rotatable bonds is 5. The van der Waals surface area contributed by atoms with Gasteiger partial charge in [0.25, 0.3) is 0 Å². The lowest BCUT2D eigenvalue weighted by molar-refractivity contribution is 0.363. The van der Waals surface area contributed by atoms with Crippen molar-refractivity contribution in [3.05, 3.63) is 42.2 Å². The Labute approximate surface area is 108 Å². The molecule has 4 nitrogen and oxygen atoms in total. The van der Waals surface area contributed by atoms with Crippen LogP contribution < -0.4 is 11.3 Å². The number of aromatic nitrogens is 1. The van der Waals surface area contributed by atoms with Crippen molar-refractivity contribution >= 4 is 10.8 Å². The van der Waals surface area contributed by atoms with Crippen molar-refractivity contribution in [1.29, 1.82) is 0 Å². The Balaban J connectivity index is 2.32. The number of nitrogens with one attached hydrogen (secondary N) is 1. The van der Waals surface area contributed by atoms with Crippen molar-refractivity contribution < 1.29 is 0 Å². The predicted molar refractivity (Wildman–Crippen MR) is 75.0 cm³/mol. The molecule has 1 atom stereocenters. The fourth-order valence-electron chi connectivity index (χ4n) is 2.13. The smallest absolute Gasteiger partial charge is 0.0493 e. The minimum atomic E-state index is 0.131. The van der Waals surface area contributed by atoms with Crippen molar-refractivity contribution in [2.24, 2.45) is 5.84 Å². The molecule has 0 bridgehead atoms. The number of nitrogens with zero attached hydrogens (tertiary/aromatic N) is 2. The normalized spacial score (nSPS) is 13.1. The monoisotopic (exact) mass is 244 g/mol. The lowest BCUT2D eigenvalue weighted by atomic mass is 10.00. The fraction of sp³-hybridized carbons (Fsp3) is 0.357. The van der Waals surface area contributed by atoms with Gasteiger partial charge in [-0.3, -0.25) is 16.3 Å². The van der Waals surface area contributed by atoms with E-state index in [1.807, 2.05) is 24.5 Å². The van der Waals surface area contributed by atoms with E-state index in [4.69, 9.17) is 5.84 Å². The maximum Gasteiger partial charge on any atom is 0.0493 e. The lowest BCUT2D eigenvalue weighted by Crippen LogP contribution is -2.31. The molecule has 4 heteroatoms. The quantitative estimate of drug-likeness (QED) is 0.621. The second kappa shape index (κ2) is 5.91. The molecule has 1 heterocycles. The van der Waals surface area contributed by atoms with Gasteiger partial charge in [0.15, 0.2) is 0 Å². The molecular weight excluding hydrogens is 224 g/mol. The first-order valence-corrected chi connectivity index (χ1v) is 6.16. The minimum absolute atomic E-state index is 0.131. The summed E-state index contributed by atoms with van der Waals surface area (Å²) in [5.74, 6) is 5.69. The van der Waals surface area contributed by atoms with Crippen LogP contribution in [0.2, 0.25) is 0 Å². The number of pyridine rings is 1. The van der Waals surface area contributed by atoms with Crippen LogP contribution >= 0.6 is 0 Å². The maximum absolute atomic E-state index is 5.69. The number of hydrogen-bond acceptors (Lipinski definition) is 4. The highest BCUT2D eigenvalue weighted by Gasteiger charge is 2.13. The van der Waals surface area contributed by atoms with Crippen LogP contribution in [0.4, 0.5) is 0 Å². The van der Waals surface area contributed by atoms with Gasteiger partial charge in [0.1, 0.15) is 0 Å². The molecule has 0 radical (unpaired) electrons. The molecule has 0 aliphatic rings. The number of hydrazine groups is 1. The van der Waals surface area contributed by atoms with Gasteiger partial charge in [-0.2, -0.15) is 0 Å². The van der Waals surface area contributed by atoms with Crippen LogP contribution in [0.1, 0.15) is 18.0 Å². The van der Waals surface area contributed by atoms with E-state index in [1.54, 1.807) is 0 Å². The summed E-state index contributed by atoms with van der Waals surface area (Å²) in [6, 6.07) is 8.40. The van der Waals surface area contributed by atoms with Crippen molar-refractivity contribution in [3.8, 4) is 0 Å². The Kier molecular flexibility index (Phi) is 4.25. The third kappa shape index (κ3) is 2.85. The summed E-state index contributed by atoms with van der Waals surface area (Å²) in [7, 11) is 4.13. The van der Waals surface area contributed by atoms with Gasteiger partial charge in [0.05, 0.1) is 0 Å². The Morgan fingerprint density at radius 1 is 1.28 bits per heavy atom. The van der Waals surface area contributed by atoms with E-state index >= 15 is 0 Å². The summed E-state index contributed by atoms with van der Waals surface area (Å²) in [4.78, 5) is 6.46. The van der Waals surface area contributed by atoms with Gasteiger partial charge in [-0.15, -0.1) is 0 Å². The Morgan fingerprint density at radius 2 is 2.06 bits per heavy atom. The molecule has 2 aromatic rings. The van der Waals surface area contributed by atoms with E-state index < -0.39 is 0 Å². The van der Waals surface area contributed by atoms with Crippen LogP contribution in [0.5, 0.6) is 0 Å². The van der Waals surface area contributed by atoms with E-state index in [1.165, 1.54) is 5.39 Å². The zero-order valence-corrected chi connectivity index (χ0v) is 10.9. The van der Waals surface area contributed by atoms with Gasteiger partial charge < -0.3 is 4.90 Å². The lowest BCUT2D eigenvalue weighted by Gasteiger charge is -2.20. The van der Waals surface area contributed by atoms with Crippen LogP contribution in [0.15, 0.2) is 36.7 Å². The van der Waals surface area contributed by atoms with Crippen molar-refractivity contribution in [1.82, 2.24) is 15.3 Å². The largest absolute Gasteiger partial charge is 0.309 e. The Morgan fingerprint density at radius 3 is 2.78 bits per heavy atom. The first kappa shape index (κ1) is 13.0. The number of hydrogen-bond donors (Lipinski definition) is 2. The van der Waals surface area contributed by atoms with E-state index in [0.717, 1.165) is 23.9 Å². The van der Waals surface area contributed by atoms with E-state index in [0.29, 0.717) is 0 Å². The second-order valence-corrected chi connectivity index (χ2v) is 4.76. The van der Waals surface area contributed by atoms with Gasteiger partial charge in [-0.25, -0.2) is 0 Å². The van der Waals surface area contributed by atoms with Crippen LogP contribution in [0.3, 0.4) is 0 Å². The molecule has 0 fully saturated rings. The van der Waals surface area contributed by atoms with Crippen molar-refractivity contribution in [2.75, 3.05) is 20.6 Å². The molecule has 1 aromatic heterocycles. The first-order valence-electron chi connectivity index (χ1n) is 6.16. The summed E-state index contributed by atoms with van der Waals surface area (Å²) in [6.07, 6.45) is 4.75. The average molecular weight is 244 g/mol. The summed E-state index contributed by atoms with van der Waals surface area (Å²) >= 11 is 0. The van der Waals surface area contributed by atoms with Gasteiger partial charge in [-0.1, -0.05) is 24.3 Å². The maximum atomic E-state index is 5.69. The predicted octanol–water partition coefficient (Wildman–Crippen LogP) is 1.69. The third-order valence-corrected chi connectivity index (χ3v) is 3.14. The molecule has 0 aliphatic carbocycles. The van der Waals surface area contributed by atoms with Gasteiger partial charge >= 0.3 is 0 Å². The van der Waals surface area contributed by atoms with E-state index in [2.05, 4.69) is 41.5 Å². The molecule has 96 valence electrons. The summed E-state index contributed by atoms with van der Waals surface area (Å²) in [6.45, 7) is 0.984. The van der Waals surface area contributed by atoms with Gasteiger partial charge in [0.2, 0.25) is 0 Å². The molecule has 3 N–H and O–H groups in total. The molecular formula is C14H20N4. The Hall–Kier alpha value is -1.49. The molecule has 0 aliphatic heterocycles. The Bertz CT molecular complexity index is 505. The summed E-state index contributed by atoms with van der Waals surface area (Å²) in [5.41, 5.74) is 4.06. The molecule has 1 unspecified atom stereocenters. The standard InChI is InChI=1S/C14H20N4/c1-18(2)8-7-14(17-15)13-10-16-9-11-5-3-4-6-12(11)13/h3-6,9-10,14,17H,7-8,15H2,1-2H3. The molecule has 18 heavy (non-hydrogen) atoms. The highest BCUT2D eigenvalue weighted by Crippen LogP contribution is 2.24. The SMILES string of the molecule is CN(C)CCC(NN)c1cncc2ccccc12. The highest BCUT2D eigenvalue weighted by atomic mass is 15.2. The topological polar surface area (TPSA) is 54.2 Å². The average Bonchev–Trinajstić information content (AvgIpc) is 2.39. The van der Waals surface area contributed by atoms with Crippen LogP contribution in [-0.2, 0) is 0 Å². The van der Waals surface area contributed by atoms with Gasteiger partial charge in [0, 0.05) is 23.8 Å². The summed E-state index contributed by atoms with van der Waals surface area (Å²) in [5, 5.41) is 2.37. The molecule has 0 saturated heterocycles. The zero-order valence-electron chi connectivity index (χ0n) is 10.9. The van der Waals surface area contributed by atoms with Crippen molar-refractivity contribution in [2.45, 2.75) is 12.5 Å². The molecule has 0 spiro atoms. The fourth-order valence-corrected chi connectivity index (χ4v) is 2.13. The molecule has 1 aromatic carbocycles. The summed E-state index contributed by atoms with van der Waals surface area (Å²) < 4.78 is 0. The van der Waals surface area contributed by atoms with Crippen LogP contribution in [0.25, 0.3) is 10.8 Å². The minimum Gasteiger partial charge on any atom is -0.309 e. The van der Waals surface area contributed by atoms with Crippen LogP contribution in [-0.4, -0.2) is 30.5 Å². The van der Waals surface area contributed by atoms with Gasteiger partial charge in [-0.05, 0) is 38.0 Å². The molecule has 2 rings (SSSR count). The first-order chi connectivity index (χ1) is 8.72. The number of benzene rings is 1. The second-order valence-electron chi connectivity index (χ2n) is 4.76. The number of nitrogens with two attached hydrogens (primary N) is 1. The number of fused-ring (bicyclic) bond motifs is 1. The molecule has 0 amide bonds. The van der Waals surface area contributed by atoms with Crippen molar-refractivity contribution in [3.63, 3.8) is 0 Å². The van der Waals surface area contributed by atoms with E-state index in [-0.39, 0.29) is 6.04 Å².